The molecule has 2 heteroatoms. The van der Waals surface area contributed by atoms with Gasteiger partial charge in [0.1, 0.15) is 5.84 Å². The lowest BCUT2D eigenvalue weighted by molar-refractivity contribution is 0.289. The summed E-state index contributed by atoms with van der Waals surface area (Å²) in [6.07, 6.45) is 0. The molecule has 1 aromatic rings. The zero-order valence-electron chi connectivity index (χ0n) is 13.4. The second-order valence-electron chi connectivity index (χ2n) is 6.57. The van der Waals surface area contributed by atoms with Crippen LogP contribution in [0.25, 0.3) is 0 Å². The molecule has 19 heavy (non-hydrogen) atoms. The van der Waals surface area contributed by atoms with Gasteiger partial charge >= 0.3 is 0 Å². The molecular formula is C17H28N2. The SMILES string of the molecule is CC(C)N(/C(=N/C(C)(C)C)c1ccccc1)C(C)C. The van der Waals surface area contributed by atoms with Crippen molar-refractivity contribution in [3.8, 4) is 0 Å². The van der Waals surface area contributed by atoms with Crippen molar-refractivity contribution in [2.24, 2.45) is 4.99 Å². The van der Waals surface area contributed by atoms with Gasteiger partial charge in [-0.2, -0.15) is 0 Å². The lowest BCUT2D eigenvalue weighted by Crippen LogP contribution is -2.43. The van der Waals surface area contributed by atoms with Gasteiger partial charge in [-0.1, -0.05) is 30.3 Å². The van der Waals surface area contributed by atoms with E-state index in [4.69, 9.17) is 4.99 Å². The van der Waals surface area contributed by atoms with E-state index in [1.165, 1.54) is 5.56 Å². The van der Waals surface area contributed by atoms with Gasteiger partial charge in [-0.15, -0.1) is 0 Å². The van der Waals surface area contributed by atoms with Crippen LogP contribution in [0.2, 0.25) is 0 Å². The molecular weight excluding hydrogens is 232 g/mol. The third-order valence-electron chi connectivity index (χ3n) is 2.83. The molecule has 0 aliphatic carbocycles. The smallest absolute Gasteiger partial charge is 0.131 e. The Bertz CT molecular complexity index is 403. The first-order valence-corrected chi connectivity index (χ1v) is 7.16. The molecule has 0 bridgehead atoms. The van der Waals surface area contributed by atoms with Crippen molar-refractivity contribution in [3.05, 3.63) is 35.9 Å². The molecule has 0 spiro atoms. The minimum Gasteiger partial charge on any atom is -0.352 e. The number of hydrogen-bond acceptors (Lipinski definition) is 1. The third-order valence-corrected chi connectivity index (χ3v) is 2.83. The molecule has 1 aromatic carbocycles. The Morgan fingerprint density at radius 1 is 0.947 bits per heavy atom. The van der Waals surface area contributed by atoms with E-state index < -0.39 is 0 Å². The molecule has 0 radical (unpaired) electrons. The van der Waals surface area contributed by atoms with Crippen LogP contribution in [-0.4, -0.2) is 28.4 Å². The van der Waals surface area contributed by atoms with Crippen LogP contribution in [0.1, 0.15) is 54.0 Å². The maximum absolute atomic E-state index is 4.96. The number of amidine groups is 1. The molecule has 0 unspecified atom stereocenters. The number of rotatable bonds is 3. The third kappa shape index (κ3) is 4.70. The first-order chi connectivity index (χ1) is 8.72. The fraction of sp³-hybridized carbons (Fsp3) is 0.588. The molecule has 106 valence electrons. The molecule has 0 atom stereocenters. The van der Waals surface area contributed by atoms with Crippen molar-refractivity contribution in [1.29, 1.82) is 0 Å². The van der Waals surface area contributed by atoms with E-state index in [0.717, 1.165) is 5.84 Å². The van der Waals surface area contributed by atoms with Gasteiger partial charge in [-0.3, -0.25) is 4.99 Å². The highest BCUT2D eigenvalue weighted by Gasteiger charge is 2.22. The van der Waals surface area contributed by atoms with Gasteiger partial charge in [0.15, 0.2) is 0 Å². The summed E-state index contributed by atoms with van der Waals surface area (Å²) in [6, 6.07) is 11.3. The normalized spacial score (nSPS) is 13.2. The van der Waals surface area contributed by atoms with Crippen LogP contribution in [0, 0.1) is 0 Å². The van der Waals surface area contributed by atoms with Crippen LogP contribution in [0.3, 0.4) is 0 Å². The minimum absolute atomic E-state index is 0.0762. The predicted molar refractivity (Wildman–Crippen MR) is 84.8 cm³/mol. The van der Waals surface area contributed by atoms with Crippen LogP contribution >= 0.6 is 0 Å². The molecule has 2 nitrogen and oxygen atoms in total. The molecule has 0 aliphatic heterocycles. The van der Waals surface area contributed by atoms with E-state index >= 15 is 0 Å². The Hall–Kier alpha value is -1.31. The lowest BCUT2D eigenvalue weighted by atomic mass is 10.1. The maximum atomic E-state index is 4.96. The van der Waals surface area contributed by atoms with E-state index in [1.807, 2.05) is 6.07 Å². The molecule has 0 fully saturated rings. The zero-order valence-corrected chi connectivity index (χ0v) is 13.4. The number of benzene rings is 1. The molecule has 0 aromatic heterocycles. The zero-order chi connectivity index (χ0) is 14.6. The largest absolute Gasteiger partial charge is 0.352 e. The molecule has 0 aliphatic rings. The maximum Gasteiger partial charge on any atom is 0.131 e. The van der Waals surface area contributed by atoms with Crippen molar-refractivity contribution < 1.29 is 0 Å². The van der Waals surface area contributed by atoms with Crippen LogP contribution in [0.4, 0.5) is 0 Å². The van der Waals surface area contributed by atoms with Crippen molar-refractivity contribution >= 4 is 5.84 Å². The summed E-state index contributed by atoms with van der Waals surface area (Å²) < 4.78 is 0. The van der Waals surface area contributed by atoms with Gasteiger partial charge in [0.25, 0.3) is 0 Å². The summed E-state index contributed by atoms with van der Waals surface area (Å²) in [7, 11) is 0. The van der Waals surface area contributed by atoms with Gasteiger partial charge in [0.2, 0.25) is 0 Å². The van der Waals surface area contributed by atoms with Crippen molar-refractivity contribution in [2.75, 3.05) is 0 Å². The predicted octanol–water partition coefficient (Wildman–Crippen LogP) is 4.35. The van der Waals surface area contributed by atoms with Crippen molar-refractivity contribution in [3.63, 3.8) is 0 Å². The first kappa shape index (κ1) is 15.7. The Morgan fingerprint density at radius 2 is 1.42 bits per heavy atom. The van der Waals surface area contributed by atoms with Gasteiger partial charge in [0.05, 0.1) is 5.54 Å². The highest BCUT2D eigenvalue weighted by Crippen LogP contribution is 2.17. The van der Waals surface area contributed by atoms with Crippen molar-refractivity contribution in [2.45, 2.75) is 66.1 Å². The highest BCUT2D eigenvalue weighted by molar-refractivity contribution is 5.99. The molecule has 0 saturated heterocycles. The molecule has 0 heterocycles. The Balaban J connectivity index is 3.31. The summed E-state index contributed by atoms with van der Waals surface area (Å²) in [4.78, 5) is 7.35. The first-order valence-electron chi connectivity index (χ1n) is 7.16. The van der Waals surface area contributed by atoms with E-state index in [0.29, 0.717) is 12.1 Å². The van der Waals surface area contributed by atoms with Crippen LogP contribution in [-0.2, 0) is 0 Å². The Labute approximate surface area is 118 Å². The topological polar surface area (TPSA) is 15.6 Å². The van der Waals surface area contributed by atoms with Gasteiger partial charge in [-0.25, -0.2) is 0 Å². The molecule has 0 N–H and O–H groups in total. The Kier molecular flexibility index (Phi) is 5.16. The molecule has 1 rings (SSSR count). The van der Waals surface area contributed by atoms with Gasteiger partial charge < -0.3 is 4.90 Å². The van der Waals surface area contributed by atoms with Crippen molar-refractivity contribution in [1.82, 2.24) is 4.90 Å². The van der Waals surface area contributed by atoms with Gasteiger partial charge in [0, 0.05) is 17.6 Å². The second kappa shape index (κ2) is 6.23. The number of aliphatic imine (C=N–C) groups is 1. The Morgan fingerprint density at radius 3 is 1.79 bits per heavy atom. The van der Waals surface area contributed by atoms with Crippen LogP contribution in [0.5, 0.6) is 0 Å². The minimum atomic E-state index is -0.0762. The van der Waals surface area contributed by atoms with E-state index in [2.05, 4.69) is 77.6 Å². The fourth-order valence-electron chi connectivity index (χ4n) is 2.26. The van der Waals surface area contributed by atoms with E-state index in [-0.39, 0.29) is 5.54 Å². The monoisotopic (exact) mass is 260 g/mol. The summed E-state index contributed by atoms with van der Waals surface area (Å²) in [5.41, 5.74) is 1.12. The average molecular weight is 260 g/mol. The highest BCUT2D eigenvalue weighted by atomic mass is 15.2. The van der Waals surface area contributed by atoms with Crippen LogP contribution < -0.4 is 0 Å². The molecule has 0 saturated carbocycles. The molecule has 0 amide bonds. The average Bonchev–Trinajstić information content (AvgIpc) is 2.26. The van der Waals surface area contributed by atoms with E-state index in [1.54, 1.807) is 0 Å². The lowest BCUT2D eigenvalue weighted by Gasteiger charge is -2.35. The summed E-state index contributed by atoms with van der Waals surface area (Å²) in [5.74, 6) is 1.10. The summed E-state index contributed by atoms with van der Waals surface area (Å²) >= 11 is 0. The standard InChI is InChI=1S/C17H28N2/c1-13(2)19(14(3)4)16(18-17(5,6)7)15-11-9-8-10-12-15/h8-14H,1-7H3/b18-16+. The second-order valence-corrected chi connectivity index (χ2v) is 6.57. The van der Waals surface area contributed by atoms with E-state index in [9.17, 15) is 0 Å². The van der Waals surface area contributed by atoms with Crippen LogP contribution in [0.15, 0.2) is 35.3 Å². The quantitative estimate of drug-likeness (QED) is 0.582. The summed E-state index contributed by atoms with van der Waals surface area (Å²) in [6.45, 7) is 15.3. The number of nitrogens with zero attached hydrogens (tertiary/aromatic N) is 2. The summed E-state index contributed by atoms with van der Waals surface area (Å²) in [5, 5.41) is 0. The number of hydrogen-bond donors (Lipinski definition) is 0. The fourth-order valence-corrected chi connectivity index (χ4v) is 2.26. The van der Waals surface area contributed by atoms with Gasteiger partial charge in [-0.05, 0) is 48.5 Å².